The molecule has 0 atom stereocenters. The summed E-state index contributed by atoms with van der Waals surface area (Å²) in [5, 5.41) is 4.59. The van der Waals surface area contributed by atoms with Crippen LogP contribution in [-0.2, 0) is 0 Å². The predicted octanol–water partition coefficient (Wildman–Crippen LogP) is 5.62. The summed E-state index contributed by atoms with van der Waals surface area (Å²) in [6.45, 7) is 0. The number of hydrogen-bond acceptors (Lipinski definition) is 1. The van der Waals surface area contributed by atoms with Gasteiger partial charge in [-0.1, -0.05) is 0 Å². The third-order valence-corrected chi connectivity index (χ3v) is 4.06. The lowest BCUT2D eigenvalue weighted by molar-refractivity contribution is 0.626. The fraction of sp³-hybridized carbons (Fsp3) is 0. The molecule has 0 aliphatic carbocycles. The lowest BCUT2D eigenvalue weighted by atomic mass is 10.1. The van der Waals surface area contributed by atoms with E-state index in [1.54, 1.807) is 41.1 Å². The van der Waals surface area contributed by atoms with Gasteiger partial charge in [0.15, 0.2) is 0 Å². The predicted molar refractivity (Wildman–Crippen MR) is 94.3 cm³/mol. The van der Waals surface area contributed by atoms with Crippen molar-refractivity contribution in [2.75, 3.05) is 0 Å². The minimum absolute atomic E-state index is 0.328. The molecule has 0 N–H and O–H groups in total. The summed E-state index contributed by atoms with van der Waals surface area (Å²) in [4.78, 5) is 0. The Morgan fingerprint density at radius 2 is 1.04 bits per heavy atom. The molecule has 4 rings (SSSR count). The van der Waals surface area contributed by atoms with E-state index in [9.17, 15) is 13.2 Å². The van der Waals surface area contributed by atoms with Gasteiger partial charge < -0.3 is 0 Å². The van der Waals surface area contributed by atoms with Gasteiger partial charge in [0.05, 0.1) is 17.1 Å². The maximum absolute atomic E-state index is 13.3. The van der Waals surface area contributed by atoms with E-state index in [0.717, 1.165) is 16.8 Å². The zero-order chi connectivity index (χ0) is 18.1. The van der Waals surface area contributed by atoms with E-state index in [0.29, 0.717) is 11.4 Å². The Bertz CT molecular complexity index is 971. The second-order valence-corrected chi connectivity index (χ2v) is 5.82. The molecule has 1 heterocycles. The van der Waals surface area contributed by atoms with Crippen molar-refractivity contribution in [1.29, 1.82) is 0 Å². The third-order valence-electron chi connectivity index (χ3n) is 4.06. The Kier molecular flexibility index (Phi) is 4.05. The smallest absolute Gasteiger partial charge is 0.123 e. The topological polar surface area (TPSA) is 17.8 Å². The highest BCUT2D eigenvalue weighted by Crippen LogP contribution is 2.29. The first-order valence-corrected chi connectivity index (χ1v) is 7.98. The minimum Gasteiger partial charge on any atom is -0.232 e. The largest absolute Gasteiger partial charge is 0.232 e. The molecular weight excluding hydrogens is 337 g/mol. The van der Waals surface area contributed by atoms with Gasteiger partial charge in [-0.05, 0) is 78.9 Å². The van der Waals surface area contributed by atoms with Crippen molar-refractivity contribution in [1.82, 2.24) is 9.78 Å². The lowest BCUT2D eigenvalue weighted by Crippen LogP contribution is -1.99. The van der Waals surface area contributed by atoms with Gasteiger partial charge in [0.1, 0.15) is 17.5 Å². The highest BCUT2D eigenvalue weighted by Gasteiger charge is 2.13. The molecule has 0 aliphatic rings. The molecule has 0 aliphatic heterocycles. The zero-order valence-electron chi connectivity index (χ0n) is 13.5. The molecule has 128 valence electrons. The van der Waals surface area contributed by atoms with Crippen molar-refractivity contribution < 1.29 is 13.2 Å². The number of benzene rings is 3. The van der Waals surface area contributed by atoms with E-state index in [4.69, 9.17) is 0 Å². The Morgan fingerprint density at radius 1 is 0.577 bits per heavy atom. The fourth-order valence-electron chi connectivity index (χ4n) is 2.75. The number of halogens is 3. The summed E-state index contributed by atoms with van der Waals surface area (Å²) in [5.41, 5.74) is 3.52. The van der Waals surface area contributed by atoms with Crippen LogP contribution in [0.15, 0.2) is 78.9 Å². The van der Waals surface area contributed by atoms with E-state index < -0.39 is 0 Å². The molecule has 2 nitrogen and oxygen atoms in total. The van der Waals surface area contributed by atoms with Crippen LogP contribution in [0, 0.1) is 17.5 Å². The minimum atomic E-state index is -0.344. The number of aromatic nitrogens is 2. The Hall–Kier alpha value is -3.34. The number of hydrogen-bond donors (Lipinski definition) is 0. The monoisotopic (exact) mass is 350 g/mol. The van der Waals surface area contributed by atoms with Gasteiger partial charge in [-0.15, -0.1) is 0 Å². The summed E-state index contributed by atoms with van der Waals surface area (Å²) < 4.78 is 41.4. The van der Waals surface area contributed by atoms with Crippen LogP contribution in [0.1, 0.15) is 0 Å². The van der Waals surface area contributed by atoms with E-state index in [-0.39, 0.29) is 17.5 Å². The van der Waals surface area contributed by atoms with Crippen LogP contribution in [0.25, 0.3) is 28.2 Å². The summed E-state index contributed by atoms with van der Waals surface area (Å²) >= 11 is 0. The summed E-state index contributed by atoms with van der Waals surface area (Å²) in [5.74, 6) is -1.01. The molecule has 4 aromatic rings. The van der Waals surface area contributed by atoms with Crippen molar-refractivity contribution in [3.8, 4) is 28.2 Å². The fourth-order valence-corrected chi connectivity index (χ4v) is 2.75. The van der Waals surface area contributed by atoms with Crippen LogP contribution < -0.4 is 0 Å². The van der Waals surface area contributed by atoms with E-state index in [2.05, 4.69) is 5.10 Å². The van der Waals surface area contributed by atoms with Crippen molar-refractivity contribution in [3.05, 3.63) is 96.3 Å². The summed E-state index contributed by atoms with van der Waals surface area (Å²) in [6.07, 6.45) is 0. The summed E-state index contributed by atoms with van der Waals surface area (Å²) in [6, 6.07) is 19.8. The average Bonchev–Trinajstić information content (AvgIpc) is 3.09. The molecule has 0 spiro atoms. The molecule has 0 bridgehead atoms. The Morgan fingerprint density at radius 3 is 1.58 bits per heavy atom. The number of nitrogens with zero attached hydrogens (tertiary/aromatic N) is 2. The van der Waals surface area contributed by atoms with Gasteiger partial charge in [-0.25, -0.2) is 17.9 Å². The second-order valence-electron chi connectivity index (χ2n) is 5.82. The molecule has 0 radical (unpaired) electrons. The summed E-state index contributed by atoms with van der Waals surface area (Å²) in [7, 11) is 0. The van der Waals surface area contributed by atoms with E-state index in [1.165, 1.54) is 36.4 Å². The molecule has 0 saturated carbocycles. The quantitative estimate of drug-likeness (QED) is 0.469. The van der Waals surface area contributed by atoms with Gasteiger partial charge in [0, 0.05) is 11.1 Å². The molecule has 3 aromatic carbocycles. The van der Waals surface area contributed by atoms with Crippen molar-refractivity contribution >= 4 is 0 Å². The Balaban J connectivity index is 1.88. The lowest BCUT2D eigenvalue weighted by Gasteiger charge is -2.07. The third kappa shape index (κ3) is 3.11. The van der Waals surface area contributed by atoms with Gasteiger partial charge in [0.2, 0.25) is 0 Å². The van der Waals surface area contributed by atoms with Crippen LogP contribution in [0.2, 0.25) is 0 Å². The van der Waals surface area contributed by atoms with E-state index in [1.807, 2.05) is 6.07 Å². The molecule has 1 aromatic heterocycles. The van der Waals surface area contributed by atoms with Gasteiger partial charge in [-0.3, -0.25) is 0 Å². The first-order chi connectivity index (χ1) is 12.6. The van der Waals surface area contributed by atoms with Crippen LogP contribution in [0.3, 0.4) is 0 Å². The molecule has 0 saturated heterocycles. The average molecular weight is 350 g/mol. The maximum atomic E-state index is 13.3. The van der Waals surface area contributed by atoms with Crippen LogP contribution in [0.5, 0.6) is 0 Å². The molecule has 0 fully saturated rings. The van der Waals surface area contributed by atoms with Gasteiger partial charge in [-0.2, -0.15) is 5.10 Å². The van der Waals surface area contributed by atoms with Gasteiger partial charge >= 0.3 is 0 Å². The highest BCUT2D eigenvalue weighted by molar-refractivity contribution is 5.70. The van der Waals surface area contributed by atoms with E-state index >= 15 is 0 Å². The first-order valence-electron chi connectivity index (χ1n) is 7.98. The molecule has 26 heavy (non-hydrogen) atoms. The molecular formula is C21H13F3N2. The van der Waals surface area contributed by atoms with Crippen molar-refractivity contribution in [3.63, 3.8) is 0 Å². The zero-order valence-corrected chi connectivity index (χ0v) is 13.5. The molecule has 0 amide bonds. The van der Waals surface area contributed by atoms with Crippen molar-refractivity contribution in [2.24, 2.45) is 0 Å². The van der Waals surface area contributed by atoms with Crippen LogP contribution in [-0.4, -0.2) is 9.78 Å². The number of rotatable bonds is 3. The SMILES string of the molecule is Fc1ccc(-c2cc(-c3ccc(F)cc3)n(-c3ccc(F)cc3)n2)cc1. The van der Waals surface area contributed by atoms with Crippen LogP contribution in [0.4, 0.5) is 13.2 Å². The first kappa shape index (κ1) is 16.1. The standard InChI is InChI=1S/C21H13F3N2/c22-16-5-1-14(2-6-16)20-13-21(15-3-7-17(23)8-4-15)26(25-20)19-11-9-18(24)10-12-19/h1-13H. The highest BCUT2D eigenvalue weighted by atomic mass is 19.1. The second kappa shape index (κ2) is 6.52. The van der Waals surface area contributed by atoms with Crippen molar-refractivity contribution in [2.45, 2.75) is 0 Å². The van der Waals surface area contributed by atoms with Crippen LogP contribution >= 0.6 is 0 Å². The maximum Gasteiger partial charge on any atom is 0.123 e. The Labute approximate surface area is 148 Å². The molecule has 0 unspecified atom stereocenters. The molecule has 5 heteroatoms. The van der Waals surface area contributed by atoms with Gasteiger partial charge in [0.25, 0.3) is 0 Å². The normalized spacial score (nSPS) is 10.9.